The molecule has 0 saturated heterocycles. The second kappa shape index (κ2) is 10.9. The molecule has 27 heavy (non-hydrogen) atoms. The van der Waals surface area contributed by atoms with E-state index in [2.05, 4.69) is 59.2 Å². The summed E-state index contributed by atoms with van der Waals surface area (Å²) in [5.41, 5.74) is 15.8. The molecule has 6 heteroatoms. The van der Waals surface area contributed by atoms with Gasteiger partial charge in [-0.1, -0.05) is 48.5 Å². The summed E-state index contributed by atoms with van der Waals surface area (Å²) in [7, 11) is 0. The standard InChI is InChI=1S/C21H30N6/c22-20(23)26-14-12-18-8-4-16(5-9-18)2-1-3-17-6-10-19(11-7-17)13-15-27-21(24)25/h4-11H,1-3,12-15H2,(H4,22,23,26)(H4,24,25,27). The van der Waals surface area contributed by atoms with Gasteiger partial charge in [0.1, 0.15) is 0 Å². The van der Waals surface area contributed by atoms with Gasteiger partial charge in [0, 0.05) is 13.1 Å². The lowest BCUT2D eigenvalue weighted by molar-refractivity contribution is 0.815. The SMILES string of the molecule is N=C(N)NCCc1ccc(CCCc2ccc(CCNC(=N)N)cc2)cc1. The number of nitrogens with one attached hydrogen (secondary N) is 4. The van der Waals surface area contributed by atoms with E-state index in [1.807, 2.05) is 0 Å². The Morgan fingerprint density at radius 3 is 1.19 bits per heavy atom. The monoisotopic (exact) mass is 366 g/mol. The highest BCUT2D eigenvalue weighted by Crippen LogP contribution is 2.11. The van der Waals surface area contributed by atoms with Crippen LogP contribution in [0.2, 0.25) is 0 Å². The molecule has 2 aromatic rings. The van der Waals surface area contributed by atoms with Crippen LogP contribution in [0.4, 0.5) is 0 Å². The van der Waals surface area contributed by atoms with Crippen LogP contribution < -0.4 is 22.1 Å². The van der Waals surface area contributed by atoms with Gasteiger partial charge in [-0.05, 0) is 54.4 Å². The molecule has 0 heterocycles. The summed E-state index contributed by atoms with van der Waals surface area (Å²) >= 11 is 0. The van der Waals surface area contributed by atoms with Crippen LogP contribution in [0.1, 0.15) is 28.7 Å². The average molecular weight is 367 g/mol. The van der Waals surface area contributed by atoms with E-state index >= 15 is 0 Å². The predicted octanol–water partition coefficient (Wildman–Crippen LogP) is 1.91. The lowest BCUT2D eigenvalue weighted by Gasteiger charge is -2.07. The second-order valence-electron chi connectivity index (χ2n) is 6.67. The molecule has 0 unspecified atom stereocenters. The lowest BCUT2D eigenvalue weighted by atomic mass is 10.0. The number of rotatable bonds is 10. The molecule has 0 saturated carbocycles. The zero-order valence-corrected chi connectivity index (χ0v) is 15.7. The molecule has 2 rings (SSSR count). The van der Waals surface area contributed by atoms with E-state index in [-0.39, 0.29) is 11.9 Å². The Hall–Kier alpha value is -3.02. The van der Waals surface area contributed by atoms with Gasteiger partial charge in [-0.3, -0.25) is 10.8 Å². The van der Waals surface area contributed by atoms with Crippen molar-refractivity contribution in [1.82, 2.24) is 10.6 Å². The summed E-state index contributed by atoms with van der Waals surface area (Å²) in [6, 6.07) is 17.4. The maximum atomic E-state index is 7.15. The summed E-state index contributed by atoms with van der Waals surface area (Å²) in [5, 5.41) is 19.9. The topological polar surface area (TPSA) is 124 Å². The summed E-state index contributed by atoms with van der Waals surface area (Å²) in [6.45, 7) is 1.38. The number of benzene rings is 2. The largest absolute Gasteiger partial charge is 0.370 e. The number of guanidine groups is 2. The van der Waals surface area contributed by atoms with Crippen LogP contribution in [0.15, 0.2) is 48.5 Å². The Morgan fingerprint density at radius 2 is 0.889 bits per heavy atom. The zero-order chi connectivity index (χ0) is 19.5. The van der Waals surface area contributed by atoms with Crippen molar-refractivity contribution in [2.75, 3.05) is 13.1 Å². The fourth-order valence-electron chi connectivity index (χ4n) is 2.92. The predicted molar refractivity (Wildman–Crippen MR) is 112 cm³/mol. The first-order valence-electron chi connectivity index (χ1n) is 9.34. The molecule has 0 aliphatic carbocycles. The maximum Gasteiger partial charge on any atom is 0.185 e. The molecule has 6 nitrogen and oxygen atoms in total. The van der Waals surface area contributed by atoms with Crippen molar-refractivity contribution < 1.29 is 0 Å². The fourth-order valence-corrected chi connectivity index (χ4v) is 2.92. The molecule has 144 valence electrons. The van der Waals surface area contributed by atoms with Crippen molar-refractivity contribution in [2.45, 2.75) is 32.1 Å². The smallest absolute Gasteiger partial charge is 0.185 e. The van der Waals surface area contributed by atoms with Crippen LogP contribution in [-0.4, -0.2) is 25.0 Å². The van der Waals surface area contributed by atoms with Crippen molar-refractivity contribution in [1.29, 1.82) is 10.8 Å². The molecular formula is C21H30N6. The van der Waals surface area contributed by atoms with Crippen molar-refractivity contribution in [3.05, 3.63) is 70.8 Å². The lowest BCUT2D eigenvalue weighted by Crippen LogP contribution is -2.31. The third-order valence-electron chi connectivity index (χ3n) is 4.44. The Kier molecular flexibility index (Phi) is 8.16. The third kappa shape index (κ3) is 8.27. The van der Waals surface area contributed by atoms with Crippen molar-refractivity contribution in [2.24, 2.45) is 11.5 Å². The Morgan fingerprint density at radius 1 is 0.593 bits per heavy atom. The minimum atomic E-state index is 0.0207. The number of nitrogens with two attached hydrogens (primary N) is 2. The summed E-state index contributed by atoms with van der Waals surface area (Å²) in [5.74, 6) is 0.0414. The van der Waals surface area contributed by atoms with E-state index in [0.717, 1.165) is 32.1 Å². The van der Waals surface area contributed by atoms with E-state index in [1.165, 1.54) is 22.3 Å². The molecule has 0 aliphatic heterocycles. The fraction of sp³-hybridized carbons (Fsp3) is 0.333. The first-order valence-corrected chi connectivity index (χ1v) is 9.34. The molecule has 0 radical (unpaired) electrons. The highest BCUT2D eigenvalue weighted by atomic mass is 15.0. The molecule has 0 fully saturated rings. The third-order valence-corrected chi connectivity index (χ3v) is 4.44. The van der Waals surface area contributed by atoms with Crippen LogP contribution in [0, 0.1) is 10.8 Å². The first kappa shape index (κ1) is 20.3. The Balaban J connectivity index is 1.69. The van der Waals surface area contributed by atoms with E-state index in [1.54, 1.807) is 0 Å². The van der Waals surface area contributed by atoms with Gasteiger partial charge in [-0.25, -0.2) is 0 Å². The molecule has 2 aromatic carbocycles. The van der Waals surface area contributed by atoms with E-state index in [0.29, 0.717) is 13.1 Å². The van der Waals surface area contributed by atoms with Gasteiger partial charge in [0.15, 0.2) is 11.9 Å². The minimum Gasteiger partial charge on any atom is -0.370 e. The molecule has 0 amide bonds. The van der Waals surface area contributed by atoms with Gasteiger partial charge in [0.25, 0.3) is 0 Å². The number of aryl methyl sites for hydroxylation is 2. The van der Waals surface area contributed by atoms with E-state index < -0.39 is 0 Å². The summed E-state index contributed by atoms with van der Waals surface area (Å²) in [6.07, 6.45) is 4.99. The van der Waals surface area contributed by atoms with Crippen molar-refractivity contribution in [3.63, 3.8) is 0 Å². The van der Waals surface area contributed by atoms with Crippen molar-refractivity contribution in [3.8, 4) is 0 Å². The Labute approximate surface area is 161 Å². The molecule has 0 bridgehead atoms. The molecule has 8 N–H and O–H groups in total. The van der Waals surface area contributed by atoms with Gasteiger partial charge < -0.3 is 22.1 Å². The molecular weight excluding hydrogens is 336 g/mol. The van der Waals surface area contributed by atoms with Crippen LogP contribution in [0.3, 0.4) is 0 Å². The Bertz CT molecular complexity index is 658. The number of hydrogen-bond acceptors (Lipinski definition) is 2. The molecule has 0 aromatic heterocycles. The van der Waals surface area contributed by atoms with Crippen LogP contribution in [0.25, 0.3) is 0 Å². The second-order valence-corrected chi connectivity index (χ2v) is 6.67. The number of hydrogen-bond donors (Lipinski definition) is 6. The average Bonchev–Trinajstić information content (AvgIpc) is 2.64. The first-order chi connectivity index (χ1) is 13.0. The molecule has 0 spiro atoms. The maximum absolute atomic E-state index is 7.15. The molecule has 0 atom stereocenters. The highest BCUT2D eigenvalue weighted by molar-refractivity contribution is 5.74. The van der Waals surface area contributed by atoms with Gasteiger partial charge >= 0.3 is 0 Å². The van der Waals surface area contributed by atoms with Gasteiger partial charge in [0.05, 0.1) is 0 Å². The van der Waals surface area contributed by atoms with Gasteiger partial charge in [-0.2, -0.15) is 0 Å². The van der Waals surface area contributed by atoms with Crippen molar-refractivity contribution >= 4 is 11.9 Å². The van der Waals surface area contributed by atoms with E-state index in [9.17, 15) is 0 Å². The highest BCUT2D eigenvalue weighted by Gasteiger charge is 1.99. The zero-order valence-electron chi connectivity index (χ0n) is 15.7. The quantitative estimate of drug-likeness (QED) is 0.284. The minimum absolute atomic E-state index is 0.0207. The normalized spacial score (nSPS) is 10.4. The molecule has 0 aliphatic rings. The van der Waals surface area contributed by atoms with Crippen LogP contribution >= 0.6 is 0 Å². The summed E-state index contributed by atoms with van der Waals surface area (Å²) in [4.78, 5) is 0. The summed E-state index contributed by atoms with van der Waals surface area (Å²) < 4.78 is 0. The van der Waals surface area contributed by atoms with Crippen LogP contribution in [0.5, 0.6) is 0 Å². The van der Waals surface area contributed by atoms with Crippen LogP contribution in [-0.2, 0) is 25.7 Å². The van der Waals surface area contributed by atoms with Gasteiger partial charge in [-0.15, -0.1) is 0 Å². The van der Waals surface area contributed by atoms with Gasteiger partial charge in [0.2, 0.25) is 0 Å². The van der Waals surface area contributed by atoms with E-state index in [4.69, 9.17) is 22.3 Å².